The quantitative estimate of drug-likeness (QED) is 0.775. The molecule has 2 aliphatic heterocycles. The number of rotatable bonds is 2. The number of carbonyl (C=O) groups is 1. The zero-order chi connectivity index (χ0) is 15.9. The molecule has 0 aromatic heterocycles. The average Bonchev–Trinajstić information content (AvgIpc) is 3.29. The lowest BCUT2D eigenvalue weighted by molar-refractivity contribution is -0.0530. The molecule has 0 radical (unpaired) electrons. The number of likely N-dealkylation sites (tertiary alicyclic amines) is 1. The van der Waals surface area contributed by atoms with E-state index in [0.29, 0.717) is 11.6 Å². The van der Waals surface area contributed by atoms with E-state index in [4.69, 9.17) is 0 Å². The SMILES string of the molecule is CC1CN(CC2CC2)C2(CCN(C(=O)N(C)C)CC2)CN1C. The zero-order valence-electron chi connectivity index (χ0n) is 14.7. The molecule has 1 aliphatic carbocycles. The monoisotopic (exact) mass is 308 g/mol. The van der Waals surface area contributed by atoms with Crippen molar-refractivity contribution < 1.29 is 4.79 Å². The van der Waals surface area contributed by atoms with Crippen LogP contribution in [0.4, 0.5) is 4.79 Å². The highest BCUT2D eigenvalue weighted by Gasteiger charge is 2.46. The van der Waals surface area contributed by atoms with Crippen LogP contribution in [-0.4, -0.2) is 91.1 Å². The Morgan fingerprint density at radius 3 is 2.41 bits per heavy atom. The van der Waals surface area contributed by atoms with Crippen LogP contribution in [0.2, 0.25) is 0 Å². The maximum Gasteiger partial charge on any atom is 0.319 e. The van der Waals surface area contributed by atoms with Crippen LogP contribution in [0.25, 0.3) is 0 Å². The van der Waals surface area contributed by atoms with Crippen LogP contribution in [0.1, 0.15) is 32.6 Å². The maximum absolute atomic E-state index is 12.2. The van der Waals surface area contributed by atoms with Crippen LogP contribution in [-0.2, 0) is 0 Å². The smallest absolute Gasteiger partial charge is 0.319 e. The van der Waals surface area contributed by atoms with Crippen molar-refractivity contribution in [2.24, 2.45) is 5.92 Å². The fourth-order valence-electron chi connectivity index (χ4n) is 4.12. The lowest BCUT2D eigenvalue weighted by Gasteiger charge is -2.56. The van der Waals surface area contributed by atoms with Crippen LogP contribution < -0.4 is 0 Å². The third kappa shape index (κ3) is 3.11. The van der Waals surface area contributed by atoms with Gasteiger partial charge in [-0.2, -0.15) is 0 Å². The molecule has 3 aliphatic rings. The fraction of sp³-hybridized carbons (Fsp3) is 0.941. The van der Waals surface area contributed by atoms with Crippen LogP contribution in [0, 0.1) is 5.92 Å². The van der Waals surface area contributed by atoms with Crippen LogP contribution >= 0.6 is 0 Å². The molecule has 1 unspecified atom stereocenters. The molecular formula is C17H32N4O. The highest BCUT2D eigenvalue weighted by Crippen LogP contribution is 2.38. The van der Waals surface area contributed by atoms with Crippen molar-refractivity contribution in [1.29, 1.82) is 0 Å². The van der Waals surface area contributed by atoms with E-state index in [-0.39, 0.29) is 6.03 Å². The van der Waals surface area contributed by atoms with Gasteiger partial charge in [-0.3, -0.25) is 4.90 Å². The Kier molecular flexibility index (Phi) is 4.38. The Hall–Kier alpha value is -0.810. The van der Waals surface area contributed by atoms with Gasteiger partial charge in [-0.25, -0.2) is 4.79 Å². The standard InChI is InChI=1S/C17H32N4O/c1-14-11-21(12-15-5-6-15)17(13-19(14)4)7-9-20(10-8-17)16(22)18(2)3/h14-15H,5-13H2,1-4H3. The number of likely N-dealkylation sites (N-methyl/N-ethyl adjacent to an activating group) is 1. The molecule has 0 aromatic rings. The van der Waals surface area contributed by atoms with Crippen molar-refractivity contribution in [1.82, 2.24) is 19.6 Å². The van der Waals surface area contributed by atoms with E-state index in [0.717, 1.165) is 38.4 Å². The number of piperazine rings is 1. The van der Waals surface area contributed by atoms with Gasteiger partial charge >= 0.3 is 6.03 Å². The topological polar surface area (TPSA) is 30.0 Å². The molecule has 3 fully saturated rings. The number of piperidine rings is 1. The third-order valence-electron chi connectivity index (χ3n) is 5.97. The maximum atomic E-state index is 12.2. The van der Waals surface area contributed by atoms with Gasteiger partial charge in [0.15, 0.2) is 0 Å². The minimum absolute atomic E-state index is 0.168. The molecule has 2 saturated heterocycles. The number of hydrogen-bond donors (Lipinski definition) is 0. The van der Waals surface area contributed by atoms with Crippen molar-refractivity contribution in [2.45, 2.75) is 44.2 Å². The predicted molar refractivity (Wildman–Crippen MR) is 89.0 cm³/mol. The summed E-state index contributed by atoms with van der Waals surface area (Å²) in [7, 11) is 5.96. The van der Waals surface area contributed by atoms with Gasteiger partial charge in [-0.15, -0.1) is 0 Å². The molecule has 5 heteroatoms. The number of hydrogen-bond acceptors (Lipinski definition) is 3. The Morgan fingerprint density at radius 2 is 1.86 bits per heavy atom. The van der Waals surface area contributed by atoms with Gasteiger partial charge in [0, 0.05) is 58.4 Å². The Morgan fingerprint density at radius 1 is 1.23 bits per heavy atom. The summed E-state index contributed by atoms with van der Waals surface area (Å²) in [5.74, 6) is 0.939. The van der Waals surface area contributed by atoms with Gasteiger partial charge in [0.1, 0.15) is 0 Å². The van der Waals surface area contributed by atoms with Gasteiger partial charge in [0.05, 0.1) is 0 Å². The lowest BCUT2D eigenvalue weighted by Crippen LogP contribution is -2.67. The fourth-order valence-corrected chi connectivity index (χ4v) is 4.12. The zero-order valence-corrected chi connectivity index (χ0v) is 14.7. The van der Waals surface area contributed by atoms with E-state index in [2.05, 4.69) is 23.8 Å². The second-order valence-corrected chi connectivity index (χ2v) is 8.00. The molecule has 0 N–H and O–H groups in total. The summed E-state index contributed by atoms with van der Waals surface area (Å²) in [6, 6.07) is 0.812. The van der Waals surface area contributed by atoms with Crippen molar-refractivity contribution in [3.63, 3.8) is 0 Å². The van der Waals surface area contributed by atoms with Gasteiger partial charge in [-0.1, -0.05) is 0 Å². The lowest BCUT2D eigenvalue weighted by atomic mass is 9.82. The van der Waals surface area contributed by atoms with Crippen molar-refractivity contribution in [3.05, 3.63) is 0 Å². The molecule has 126 valence electrons. The van der Waals surface area contributed by atoms with Gasteiger partial charge in [-0.05, 0) is 45.6 Å². The van der Waals surface area contributed by atoms with E-state index in [1.54, 1.807) is 4.90 Å². The summed E-state index contributed by atoms with van der Waals surface area (Å²) in [6.45, 7) is 7.78. The van der Waals surface area contributed by atoms with E-state index in [1.807, 2.05) is 19.0 Å². The first-order valence-electron chi connectivity index (χ1n) is 8.83. The van der Waals surface area contributed by atoms with Crippen LogP contribution in [0.15, 0.2) is 0 Å². The Bertz CT molecular complexity index is 413. The van der Waals surface area contributed by atoms with Crippen LogP contribution in [0.3, 0.4) is 0 Å². The Balaban J connectivity index is 1.68. The summed E-state index contributed by atoms with van der Waals surface area (Å²) in [5, 5.41) is 0. The third-order valence-corrected chi connectivity index (χ3v) is 5.97. The Labute approximate surface area is 135 Å². The van der Waals surface area contributed by atoms with Gasteiger partial charge in [0.2, 0.25) is 0 Å². The van der Waals surface area contributed by atoms with Crippen molar-refractivity contribution in [2.75, 3.05) is 53.9 Å². The summed E-state index contributed by atoms with van der Waals surface area (Å²) in [4.78, 5) is 21.2. The van der Waals surface area contributed by atoms with Gasteiger partial charge in [0.25, 0.3) is 0 Å². The van der Waals surface area contributed by atoms with Crippen LogP contribution in [0.5, 0.6) is 0 Å². The molecular weight excluding hydrogens is 276 g/mol. The first kappa shape index (κ1) is 16.1. The number of nitrogens with zero attached hydrogens (tertiary/aromatic N) is 4. The summed E-state index contributed by atoms with van der Waals surface area (Å²) >= 11 is 0. The first-order chi connectivity index (χ1) is 10.4. The van der Waals surface area contributed by atoms with E-state index >= 15 is 0 Å². The summed E-state index contributed by atoms with van der Waals surface area (Å²) in [5.41, 5.74) is 0.299. The minimum atomic E-state index is 0.168. The van der Waals surface area contributed by atoms with E-state index in [9.17, 15) is 4.79 Å². The molecule has 1 atom stereocenters. The van der Waals surface area contributed by atoms with Crippen molar-refractivity contribution >= 4 is 6.03 Å². The number of carbonyl (C=O) groups excluding carboxylic acids is 1. The molecule has 0 bridgehead atoms. The normalized spacial score (nSPS) is 29.8. The molecule has 2 heterocycles. The molecule has 3 rings (SSSR count). The molecule has 0 aromatic carbocycles. The number of amides is 2. The molecule has 5 nitrogen and oxygen atoms in total. The highest BCUT2D eigenvalue weighted by molar-refractivity contribution is 5.73. The minimum Gasteiger partial charge on any atom is -0.331 e. The number of urea groups is 1. The summed E-state index contributed by atoms with van der Waals surface area (Å²) < 4.78 is 0. The van der Waals surface area contributed by atoms with E-state index < -0.39 is 0 Å². The molecule has 1 spiro atoms. The largest absolute Gasteiger partial charge is 0.331 e. The second-order valence-electron chi connectivity index (χ2n) is 8.00. The predicted octanol–water partition coefficient (Wildman–Crippen LogP) is 1.55. The highest BCUT2D eigenvalue weighted by atomic mass is 16.2. The average molecular weight is 308 g/mol. The van der Waals surface area contributed by atoms with E-state index in [1.165, 1.54) is 25.9 Å². The first-order valence-corrected chi connectivity index (χ1v) is 8.83. The summed E-state index contributed by atoms with van der Waals surface area (Å²) in [6.07, 6.45) is 5.08. The second kappa shape index (κ2) is 6.00. The molecule has 2 amide bonds. The molecule has 22 heavy (non-hydrogen) atoms. The van der Waals surface area contributed by atoms with Crippen molar-refractivity contribution in [3.8, 4) is 0 Å². The van der Waals surface area contributed by atoms with Gasteiger partial charge < -0.3 is 14.7 Å². The molecule has 1 saturated carbocycles.